The fraction of sp³-hybridized carbons (Fsp3) is 0.409. The van der Waals surface area contributed by atoms with Crippen LogP contribution in [-0.4, -0.2) is 49.9 Å². The van der Waals surface area contributed by atoms with Crippen molar-refractivity contribution in [2.24, 2.45) is 0 Å². The minimum absolute atomic E-state index is 0.0142. The van der Waals surface area contributed by atoms with Crippen molar-refractivity contribution in [1.82, 2.24) is 4.90 Å². The molecular weight excluding hydrogens is 342 g/mol. The number of para-hydroxylation sites is 1. The Labute approximate surface area is 159 Å². The Hall–Kier alpha value is -2.21. The first kappa shape index (κ1) is 18.2. The Kier molecular flexibility index (Phi) is 5.25. The van der Waals surface area contributed by atoms with Gasteiger partial charge in [-0.25, -0.2) is 0 Å². The summed E-state index contributed by atoms with van der Waals surface area (Å²) in [5.41, 5.74) is 2.42. The van der Waals surface area contributed by atoms with E-state index in [4.69, 9.17) is 14.2 Å². The predicted octanol–water partition coefficient (Wildman–Crippen LogP) is 3.27. The molecule has 0 unspecified atom stereocenters. The monoisotopic (exact) mass is 367 g/mol. The zero-order valence-corrected chi connectivity index (χ0v) is 15.6. The number of hydrogen-bond donors (Lipinski definition) is 0. The minimum Gasteiger partial charge on any atom is -0.496 e. The first-order valence-electron chi connectivity index (χ1n) is 9.46. The number of likely N-dealkylation sites (tertiary alicyclic amines) is 1. The molecule has 0 saturated carbocycles. The molecule has 5 heteroatoms. The van der Waals surface area contributed by atoms with Gasteiger partial charge in [0.25, 0.3) is 0 Å². The summed E-state index contributed by atoms with van der Waals surface area (Å²) >= 11 is 0. The Morgan fingerprint density at radius 3 is 2.56 bits per heavy atom. The molecule has 1 spiro atoms. The van der Waals surface area contributed by atoms with E-state index in [2.05, 4.69) is 11.0 Å². The highest BCUT2D eigenvalue weighted by Gasteiger charge is 2.39. The third-order valence-electron chi connectivity index (χ3n) is 5.38. The number of nitrogens with zero attached hydrogens (tertiary/aromatic N) is 1. The Bertz CT molecular complexity index is 803. The highest BCUT2D eigenvalue weighted by Crippen LogP contribution is 2.31. The largest absolute Gasteiger partial charge is 0.496 e. The van der Waals surface area contributed by atoms with Gasteiger partial charge in [-0.05, 0) is 23.8 Å². The number of rotatable bonds is 5. The van der Waals surface area contributed by atoms with E-state index in [0.29, 0.717) is 30.1 Å². The zero-order chi connectivity index (χ0) is 18.7. The van der Waals surface area contributed by atoms with Gasteiger partial charge in [-0.15, -0.1) is 0 Å². The average Bonchev–Trinajstić information content (AvgIpc) is 3.18. The summed E-state index contributed by atoms with van der Waals surface area (Å²) in [6.07, 6.45) is 1.79. The van der Waals surface area contributed by atoms with Crippen molar-refractivity contribution in [3.05, 3.63) is 65.2 Å². The molecule has 2 aliphatic heterocycles. The lowest BCUT2D eigenvalue weighted by Crippen LogP contribution is -2.44. The van der Waals surface area contributed by atoms with E-state index in [0.717, 1.165) is 38.0 Å². The molecule has 2 saturated heterocycles. The maximum atomic E-state index is 12.9. The summed E-state index contributed by atoms with van der Waals surface area (Å²) < 4.78 is 16.9. The second-order valence-electron chi connectivity index (χ2n) is 7.11. The number of methoxy groups -OCH3 is 1. The number of piperidine rings is 1. The van der Waals surface area contributed by atoms with Crippen molar-refractivity contribution >= 4 is 5.78 Å². The van der Waals surface area contributed by atoms with Crippen LogP contribution in [0.5, 0.6) is 5.75 Å². The molecule has 2 fully saturated rings. The van der Waals surface area contributed by atoms with Gasteiger partial charge in [0, 0.05) is 38.0 Å². The molecule has 0 aliphatic carbocycles. The quantitative estimate of drug-likeness (QED) is 0.759. The summed E-state index contributed by atoms with van der Waals surface area (Å²) in [5, 5.41) is 0. The van der Waals surface area contributed by atoms with E-state index >= 15 is 0 Å². The molecule has 2 heterocycles. The third-order valence-corrected chi connectivity index (χ3v) is 5.38. The van der Waals surface area contributed by atoms with Crippen molar-refractivity contribution in [3.63, 3.8) is 0 Å². The smallest absolute Gasteiger partial charge is 0.196 e. The highest BCUT2D eigenvalue weighted by atomic mass is 16.7. The van der Waals surface area contributed by atoms with E-state index in [1.54, 1.807) is 13.2 Å². The van der Waals surface area contributed by atoms with E-state index in [1.165, 1.54) is 0 Å². The van der Waals surface area contributed by atoms with Crippen LogP contribution >= 0.6 is 0 Å². The van der Waals surface area contributed by atoms with Crippen LogP contribution in [0.2, 0.25) is 0 Å². The molecule has 27 heavy (non-hydrogen) atoms. The van der Waals surface area contributed by atoms with Crippen molar-refractivity contribution in [2.75, 3.05) is 33.4 Å². The predicted molar refractivity (Wildman–Crippen MR) is 102 cm³/mol. The van der Waals surface area contributed by atoms with Gasteiger partial charge >= 0.3 is 0 Å². The summed E-state index contributed by atoms with van der Waals surface area (Å²) in [5.74, 6) is 0.239. The van der Waals surface area contributed by atoms with Gasteiger partial charge in [-0.1, -0.05) is 30.3 Å². The van der Waals surface area contributed by atoms with Crippen molar-refractivity contribution in [2.45, 2.75) is 25.2 Å². The summed E-state index contributed by atoms with van der Waals surface area (Å²) in [6, 6.07) is 15.2. The lowest BCUT2D eigenvalue weighted by Gasteiger charge is -2.37. The number of hydrogen-bond acceptors (Lipinski definition) is 5. The molecule has 2 aliphatic rings. The second-order valence-corrected chi connectivity index (χ2v) is 7.11. The Morgan fingerprint density at radius 1 is 1.07 bits per heavy atom. The Morgan fingerprint density at radius 2 is 1.81 bits per heavy atom. The molecule has 2 aromatic carbocycles. The zero-order valence-electron chi connectivity index (χ0n) is 15.6. The molecule has 0 atom stereocenters. The minimum atomic E-state index is -0.349. The standard InChI is InChI=1S/C22H25NO4/c1-25-20-8-3-2-7-19(20)21(24)18-6-4-5-17(15-18)16-23-11-9-22(10-12-23)26-13-14-27-22/h2-8,15H,9-14,16H2,1H3. The van der Waals surface area contributed by atoms with Gasteiger partial charge in [0.15, 0.2) is 11.6 Å². The van der Waals surface area contributed by atoms with Gasteiger partial charge in [0.05, 0.1) is 25.9 Å². The van der Waals surface area contributed by atoms with Crippen LogP contribution in [0.15, 0.2) is 48.5 Å². The highest BCUT2D eigenvalue weighted by molar-refractivity contribution is 6.10. The SMILES string of the molecule is COc1ccccc1C(=O)c1cccc(CN2CCC3(CC2)OCCO3)c1. The van der Waals surface area contributed by atoms with Crippen LogP contribution in [0, 0.1) is 0 Å². The molecule has 0 aromatic heterocycles. The van der Waals surface area contributed by atoms with E-state index < -0.39 is 0 Å². The second kappa shape index (κ2) is 7.80. The fourth-order valence-corrected chi connectivity index (χ4v) is 3.89. The van der Waals surface area contributed by atoms with Crippen LogP contribution < -0.4 is 4.74 Å². The maximum absolute atomic E-state index is 12.9. The lowest BCUT2D eigenvalue weighted by molar-refractivity contribution is -0.185. The van der Waals surface area contributed by atoms with Crippen molar-refractivity contribution < 1.29 is 19.0 Å². The molecule has 5 nitrogen and oxygen atoms in total. The molecule has 2 aromatic rings. The molecule has 0 radical (unpaired) electrons. The van der Waals surface area contributed by atoms with Crippen LogP contribution in [-0.2, 0) is 16.0 Å². The molecule has 0 N–H and O–H groups in total. The number of carbonyl (C=O) groups excluding carboxylic acids is 1. The third kappa shape index (κ3) is 3.90. The van der Waals surface area contributed by atoms with E-state index in [-0.39, 0.29) is 11.6 Å². The Balaban J connectivity index is 1.44. The molecule has 142 valence electrons. The molecule has 0 amide bonds. The van der Waals surface area contributed by atoms with Crippen LogP contribution in [0.25, 0.3) is 0 Å². The lowest BCUT2D eigenvalue weighted by atomic mass is 9.99. The summed E-state index contributed by atoms with van der Waals surface area (Å²) in [6.45, 7) is 4.10. The maximum Gasteiger partial charge on any atom is 0.196 e. The first-order valence-corrected chi connectivity index (χ1v) is 9.46. The normalized spacial score (nSPS) is 19.3. The van der Waals surface area contributed by atoms with Crippen molar-refractivity contribution in [1.29, 1.82) is 0 Å². The van der Waals surface area contributed by atoms with Gasteiger partial charge in [0.1, 0.15) is 5.75 Å². The van der Waals surface area contributed by atoms with Crippen molar-refractivity contribution in [3.8, 4) is 5.75 Å². The fourth-order valence-electron chi connectivity index (χ4n) is 3.89. The molecule has 0 bridgehead atoms. The number of ether oxygens (including phenoxy) is 3. The number of carbonyl (C=O) groups is 1. The van der Waals surface area contributed by atoms with Gasteiger partial charge in [-0.2, -0.15) is 0 Å². The molecular formula is C22H25NO4. The first-order chi connectivity index (χ1) is 13.2. The van der Waals surface area contributed by atoms with Gasteiger partial charge < -0.3 is 14.2 Å². The van der Waals surface area contributed by atoms with E-state index in [1.807, 2.05) is 36.4 Å². The van der Waals surface area contributed by atoms with Gasteiger partial charge in [-0.3, -0.25) is 9.69 Å². The topological polar surface area (TPSA) is 48.0 Å². The number of benzene rings is 2. The van der Waals surface area contributed by atoms with Crippen LogP contribution in [0.4, 0.5) is 0 Å². The van der Waals surface area contributed by atoms with Gasteiger partial charge in [0.2, 0.25) is 0 Å². The van der Waals surface area contributed by atoms with Crippen LogP contribution in [0.1, 0.15) is 34.3 Å². The summed E-state index contributed by atoms with van der Waals surface area (Å²) in [7, 11) is 1.59. The van der Waals surface area contributed by atoms with E-state index in [9.17, 15) is 4.79 Å². The summed E-state index contributed by atoms with van der Waals surface area (Å²) in [4.78, 5) is 15.3. The number of ketones is 1. The average molecular weight is 367 g/mol. The van der Waals surface area contributed by atoms with Crippen LogP contribution in [0.3, 0.4) is 0 Å². The molecule has 4 rings (SSSR count).